The molecule has 0 aromatic carbocycles. The van der Waals surface area contributed by atoms with Gasteiger partial charge >= 0.3 is 0 Å². The number of nitrogens with two attached hydrogens (primary N) is 1. The normalized spacial score (nSPS) is 34.0. The van der Waals surface area contributed by atoms with Gasteiger partial charge in [0.1, 0.15) is 0 Å². The highest BCUT2D eigenvalue weighted by molar-refractivity contribution is 4.96. The fraction of sp³-hybridized carbons (Fsp3) is 1.00. The van der Waals surface area contributed by atoms with Crippen molar-refractivity contribution in [1.29, 1.82) is 0 Å². The predicted molar refractivity (Wildman–Crippen MR) is 78.5 cm³/mol. The lowest BCUT2D eigenvalue weighted by atomic mass is 9.67. The van der Waals surface area contributed by atoms with Crippen molar-refractivity contribution >= 4 is 0 Å². The number of hydrogen-bond acceptors (Lipinski definition) is 2. The molecule has 106 valence electrons. The molecule has 2 rings (SSSR count). The molecule has 2 heteroatoms. The molecular weight excluding hydrogens is 220 g/mol. The molecule has 2 N–H and O–H groups in total. The minimum Gasteiger partial charge on any atom is -0.330 e. The second-order valence-electron chi connectivity index (χ2n) is 7.50. The predicted octanol–water partition coefficient (Wildman–Crippen LogP) is 3.26. The summed E-state index contributed by atoms with van der Waals surface area (Å²) >= 11 is 0. The molecule has 3 unspecified atom stereocenters. The van der Waals surface area contributed by atoms with Gasteiger partial charge in [-0.3, -0.25) is 4.90 Å². The van der Waals surface area contributed by atoms with Crippen molar-refractivity contribution in [2.75, 3.05) is 13.1 Å². The van der Waals surface area contributed by atoms with Gasteiger partial charge in [-0.05, 0) is 62.4 Å². The average Bonchev–Trinajstić information content (AvgIpc) is 3.13. The summed E-state index contributed by atoms with van der Waals surface area (Å²) in [6, 6.07) is 1.64. The van der Waals surface area contributed by atoms with E-state index in [1.54, 1.807) is 0 Å². The van der Waals surface area contributed by atoms with E-state index in [1.807, 2.05) is 0 Å². The van der Waals surface area contributed by atoms with Crippen LogP contribution in [0.25, 0.3) is 0 Å². The van der Waals surface area contributed by atoms with E-state index in [0.717, 1.165) is 30.5 Å². The van der Waals surface area contributed by atoms with E-state index in [9.17, 15) is 0 Å². The van der Waals surface area contributed by atoms with Gasteiger partial charge in [-0.15, -0.1) is 0 Å². The van der Waals surface area contributed by atoms with Crippen LogP contribution in [0.5, 0.6) is 0 Å². The Bertz CT molecular complexity index is 265. The summed E-state index contributed by atoms with van der Waals surface area (Å²) in [7, 11) is 0. The molecule has 2 fully saturated rings. The largest absolute Gasteiger partial charge is 0.330 e. The third kappa shape index (κ3) is 3.08. The molecule has 2 aliphatic rings. The molecule has 0 aromatic heterocycles. The van der Waals surface area contributed by atoms with Gasteiger partial charge in [-0.1, -0.05) is 27.7 Å². The van der Waals surface area contributed by atoms with Crippen molar-refractivity contribution in [3.05, 3.63) is 0 Å². The average molecular weight is 252 g/mol. The van der Waals surface area contributed by atoms with Crippen LogP contribution in [0.1, 0.15) is 59.8 Å². The first-order valence-electron chi connectivity index (χ1n) is 7.93. The third-order valence-corrected chi connectivity index (χ3v) is 5.29. The molecule has 2 nitrogen and oxygen atoms in total. The van der Waals surface area contributed by atoms with Crippen molar-refractivity contribution in [3.63, 3.8) is 0 Å². The van der Waals surface area contributed by atoms with E-state index in [4.69, 9.17) is 5.73 Å². The van der Waals surface area contributed by atoms with Crippen LogP contribution in [0.2, 0.25) is 0 Å². The molecule has 0 radical (unpaired) electrons. The Morgan fingerprint density at radius 2 is 1.78 bits per heavy atom. The Morgan fingerprint density at radius 1 is 1.11 bits per heavy atom. The fourth-order valence-corrected chi connectivity index (χ4v) is 3.85. The Kier molecular flexibility index (Phi) is 4.38. The molecule has 0 heterocycles. The van der Waals surface area contributed by atoms with Crippen molar-refractivity contribution in [1.82, 2.24) is 4.90 Å². The monoisotopic (exact) mass is 252 g/mol. The highest BCUT2D eigenvalue weighted by atomic mass is 15.2. The van der Waals surface area contributed by atoms with Crippen molar-refractivity contribution in [2.24, 2.45) is 23.0 Å². The van der Waals surface area contributed by atoms with Gasteiger partial charge in [0.05, 0.1) is 0 Å². The Hall–Kier alpha value is -0.0800. The highest BCUT2D eigenvalue weighted by Crippen LogP contribution is 2.43. The molecule has 0 spiro atoms. The minimum atomic E-state index is 0.459. The van der Waals surface area contributed by atoms with Crippen molar-refractivity contribution < 1.29 is 0 Å². The lowest BCUT2D eigenvalue weighted by molar-refractivity contribution is 0.0433. The zero-order valence-electron chi connectivity index (χ0n) is 12.8. The topological polar surface area (TPSA) is 29.3 Å². The van der Waals surface area contributed by atoms with Crippen LogP contribution < -0.4 is 5.73 Å². The van der Waals surface area contributed by atoms with E-state index in [0.29, 0.717) is 5.41 Å². The molecule has 0 bridgehead atoms. The molecule has 3 atom stereocenters. The standard InChI is InChI=1S/C16H32N2/c1-5-18(14-8-9-14)15-10-13(16(2,3)4)7-6-12(15)11-17/h12-15H,5-11,17H2,1-4H3. The van der Waals surface area contributed by atoms with Gasteiger partial charge in [0.25, 0.3) is 0 Å². The maximum atomic E-state index is 6.03. The second-order valence-corrected chi connectivity index (χ2v) is 7.50. The molecular formula is C16H32N2. The van der Waals surface area contributed by atoms with E-state index >= 15 is 0 Å². The van der Waals surface area contributed by atoms with Gasteiger partial charge in [-0.25, -0.2) is 0 Å². The Labute approximate surface area is 113 Å². The van der Waals surface area contributed by atoms with Gasteiger partial charge in [0, 0.05) is 12.1 Å². The van der Waals surface area contributed by atoms with Gasteiger partial charge in [0.15, 0.2) is 0 Å². The third-order valence-electron chi connectivity index (χ3n) is 5.29. The summed E-state index contributed by atoms with van der Waals surface area (Å²) < 4.78 is 0. The van der Waals surface area contributed by atoms with Crippen LogP contribution in [0.15, 0.2) is 0 Å². The van der Waals surface area contributed by atoms with Gasteiger partial charge in [-0.2, -0.15) is 0 Å². The zero-order chi connectivity index (χ0) is 13.3. The first-order valence-corrected chi connectivity index (χ1v) is 7.93. The molecule has 0 aromatic rings. The lowest BCUT2D eigenvalue weighted by Crippen LogP contribution is -2.49. The molecule has 0 aliphatic heterocycles. The summed E-state index contributed by atoms with van der Waals surface area (Å²) in [5.41, 5.74) is 6.49. The summed E-state index contributed by atoms with van der Waals surface area (Å²) in [5, 5.41) is 0. The summed E-state index contributed by atoms with van der Waals surface area (Å²) in [5.74, 6) is 1.61. The minimum absolute atomic E-state index is 0.459. The smallest absolute Gasteiger partial charge is 0.0141 e. The molecule has 2 saturated carbocycles. The number of nitrogens with zero attached hydrogens (tertiary/aromatic N) is 1. The lowest BCUT2D eigenvalue weighted by Gasteiger charge is -2.46. The Morgan fingerprint density at radius 3 is 2.22 bits per heavy atom. The first kappa shape index (κ1) is 14.3. The summed E-state index contributed by atoms with van der Waals surface area (Å²) in [6.07, 6.45) is 6.93. The van der Waals surface area contributed by atoms with Crippen molar-refractivity contribution in [2.45, 2.75) is 71.9 Å². The van der Waals surface area contributed by atoms with Crippen LogP contribution in [-0.4, -0.2) is 30.1 Å². The number of rotatable bonds is 4. The molecule has 18 heavy (non-hydrogen) atoms. The van der Waals surface area contributed by atoms with Crippen LogP contribution in [0, 0.1) is 17.3 Å². The first-order chi connectivity index (χ1) is 8.47. The van der Waals surface area contributed by atoms with Crippen LogP contribution >= 0.6 is 0 Å². The van der Waals surface area contributed by atoms with Gasteiger partial charge in [0.2, 0.25) is 0 Å². The summed E-state index contributed by atoms with van der Waals surface area (Å²) in [6.45, 7) is 11.6. The molecule has 0 amide bonds. The quantitative estimate of drug-likeness (QED) is 0.832. The maximum absolute atomic E-state index is 6.03. The van der Waals surface area contributed by atoms with Crippen LogP contribution in [0.3, 0.4) is 0 Å². The highest BCUT2D eigenvalue weighted by Gasteiger charge is 2.41. The van der Waals surface area contributed by atoms with E-state index in [-0.39, 0.29) is 0 Å². The van der Waals surface area contributed by atoms with E-state index in [1.165, 1.54) is 38.6 Å². The fourth-order valence-electron chi connectivity index (χ4n) is 3.85. The van der Waals surface area contributed by atoms with Crippen molar-refractivity contribution in [3.8, 4) is 0 Å². The van der Waals surface area contributed by atoms with Crippen LogP contribution in [-0.2, 0) is 0 Å². The van der Waals surface area contributed by atoms with E-state index < -0.39 is 0 Å². The summed E-state index contributed by atoms with van der Waals surface area (Å²) in [4.78, 5) is 2.77. The molecule has 2 aliphatic carbocycles. The Balaban J connectivity index is 2.07. The van der Waals surface area contributed by atoms with Gasteiger partial charge < -0.3 is 5.73 Å². The van der Waals surface area contributed by atoms with Crippen LogP contribution in [0.4, 0.5) is 0 Å². The van der Waals surface area contributed by atoms with E-state index in [2.05, 4.69) is 32.6 Å². The second kappa shape index (κ2) is 5.50. The molecule has 0 saturated heterocycles. The zero-order valence-corrected chi connectivity index (χ0v) is 12.8. The number of hydrogen-bond donors (Lipinski definition) is 1. The SMILES string of the molecule is CCN(C1CC1)C1CC(C(C)(C)C)CCC1CN. The maximum Gasteiger partial charge on any atom is 0.0141 e.